The molecule has 1 heterocycles. The molecular weight excluding hydrogens is 130 g/mol. The summed E-state index contributed by atoms with van der Waals surface area (Å²) in [5, 5.41) is 3.16. The fourth-order valence-electron chi connectivity index (χ4n) is 0.588. The lowest BCUT2D eigenvalue weighted by molar-refractivity contribution is 0.850. The van der Waals surface area contributed by atoms with Crippen LogP contribution >= 0.6 is 11.3 Å². The lowest BCUT2D eigenvalue weighted by Gasteiger charge is -1.94. The number of nitrogens with zero attached hydrogens (tertiary/aromatic N) is 1. The highest BCUT2D eigenvalue weighted by molar-refractivity contribution is 7.09. The van der Waals surface area contributed by atoms with Gasteiger partial charge in [0.25, 0.3) is 0 Å². The minimum absolute atomic E-state index is 0.547. The first-order valence-electron chi connectivity index (χ1n) is 2.97. The molecule has 0 N–H and O–H groups in total. The Morgan fingerprint density at radius 1 is 1.67 bits per heavy atom. The second-order valence-corrected chi connectivity index (χ2v) is 3.22. The molecule has 1 radical (unpaired) electrons. The van der Waals surface area contributed by atoms with Crippen LogP contribution in [0.5, 0.6) is 0 Å². The maximum Gasteiger partial charge on any atom is 0.0953 e. The van der Waals surface area contributed by atoms with Crippen LogP contribution in [0.4, 0.5) is 0 Å². The van der Waals surface area contributed by atoms with Crippen LogP contribution in [-0.2, 0) is 0 Å². The van der Waals surface area contributed by atoms with Gasteiger partial charge in [-0.1, -0.05) is 13.8 Å². The van der Waals surface area contributed by atoms with Crippen molar-refractivity contribution in [1.29, 1.82) is 0 Å². The zero-order chi connectivity index (χ0) is 6.85. The monoisotopic (exact) mass is 140 g/mol. The van der Waals surface area contributed by atoms with Crippen LogP contribution in [0.25, 0.3) is 0 Å². The highest BCUT2D eigenvalue weighted by Crippen LogP contribution is 2.17. The van der Waals surface area contributed by atoms with Crippen molar-refractivity contribution in [2.24, 2.45) is 0 Å². The van der Waals surface area contributed by atoms with Gasteiger partial charge in [0.15, 0.2) is 0 Å². The number of hydrogen-bond donors (Lipinski definition) is 0. The first-order valence-corrected chi connectivity index (χ1v) is 3.85. The van der Waals surface area contributed by atoms with Crippen molar-refractivity contribution in [3.05, 3.63) is 23.0 Å². The van der Waals surface area contributed by atoms with Gasteiger partial charge in [0.2, 0.25) is 0 Å². The molecule has 1 aromatic rings. The van der Waals surface area contributed by atoms with Crippen LogP contribution in [0, 0.1) is 6.92 Å². The number of rotatable bonds is 1. The molecule has 0 atom stereocenters. The average molecular weight is 140 g/mol. The molecule has 0 amide bonds. The van der Waals surface area contributed by atoms with E-state index >= 15 is 0 Å². The summed E-state index contributed by atoms with van der Waals surface area (Å²) < 4.78 is 0. The van der Waals surface area contributed by atoms with Crippen molar-refractivity contribution in [2.45, 2.75) is 19.8 Å². The van der Waals surface area contributed by atoms with E-state index in [4.69, 9.17) is 0 Å². The van der Waals surface area contributed by atoms with Gasteiger partial charge in [0, 0.05) is 11.3 Å². The topological polar surface area (TPSA) is 12.9 Å². The Labute approximate surface area is 59.8 Å². The molecule has 1 nitrogen and oxygen atoms in total. The van der Waals surface area contributed by atoms with Crippen molar-refractivity contribution >= 4 is 11.3 Å². The molecule has 0 unspecified atom stereocenters. The van der Waals surface area contributed by atoms with E-state index in [9.17, 15) is 0 Å². The lowest BCUT2D eigenvalue weighted by Crippen LogP contribution is -1.83. The van der Waals surface area contributed by atoms with Crippen LogP contribution < -0.4 is 0 Å². The smallest absolute Gasteiger partial charge is 0.0953 e. The molecule has 2 heteroatoms. The summed E-state index contributed by atoms with van der Waals surface area (Å²) in [4.78, 5) is 4.22. The van der Waals surface area contributed by atoms with Crippen LogP contribution in [0.1, 0.15) is 30.5 Å². The fraction of sp³-hybridized carbons (Fsp3) is 0.429. The summed E-state index contributed by atoms with van der Waals surface area (Å²) in [6.45, 7) is 8.00. The highest BCUT2D eigenvalue weighted by atomic mass is 32.1. The summed E-state index contributed by atoms with van der Waals surface area (Å²) in [5.74, 6) is 0.547. The van der Waals surface area contributed by atoms with Gasteiger partial charge in [-0.2, -0.15) is 0 Å². The molecule has 0 saturated heterocycles. The molecular formula is C7H10NS. The zero-order valence-electron chi connectivity index (χ0n) is 5.72. The molecule has 1 aromatic heterocycles. The quantitative estimate of drug-likeness (QED) is 0.584. The molecule has 9 heavy (non-hydrogen) atoms. The molecule has 0 spiro atoms. The molecule has 0 bridgehead atoms. The highest BCUT2D eigenvalue weighted by Gasteiger charge is 2.01. The van der Waals surface area contributed by atoms with Gasteiger partial charge >= 0.3 is 0 Å². The van der Waals surface area contributed by atoms with Gasteiger partial charge in [0.05, 0.1) is 10.7 Å². The Balaban J connectivity index is 2.85. The minimum Gasteiger partial charge on any atom is -0.246 e. The molecule has 0 aliphatic carbocycles. The van der Waals surface area contributed by atoms with Crippen LogP contribution in [0.3, 0.4) is 0 Å². The van der Waals surface area contributed by atoms with E-state index in [1.54, 1.807) is 11.3 Å². The summed E-state index contributed by atoms with van der Waals surface area (Å²) in [6.07, 6.45) is 0. The van der Waals surface area contributed by atoms with E-state index < -0.39 is 0 Å². The van der Waals surface area contributed by atoms with Gasteiger partial charge in [0.1, 0.15) is 0 Å². The molecule has 49 valence electrons. The molecule has 0 aliphatic heterocycles. The third-order valence-electron chi connectivity index (χ3n) is 1.06. The summed E-state index contributed by atoms with van der Waals surface area (Å²) in [7, 11) is 0. The van der Waals surface area contributed by atoms with Crippen LogP contribution in [-0.4, -0.2) is 4.98 Å². The predicted octanol–water partition coefficient (Wildman–Crippen LogP) is 2.45. The molecule has 0 aromatic carbocycles. The van der Waals surface area contributed by atoms with Gasteiger partial charge in [-0.05, 0) is 6.92 Å². The van der Waals surface area contributed by atoms with Crippen molar-refractivity contribution in [2.75, 3.05) is 0 Å². The van der Waals surface area contributed by atoms with Crippen molar-refractivity contribution in [3.8, 4) is 0 Å². The molecule has 0 fully saturated rings. The molecule has 1 rings (SSSR count). The van der Waals surface area contributed by atoms with Crippen molar-refractivity contribution < 1.29 is 0 Å². The van der Waals surface area contributed by atoms with Crippen molar-refractivity contribution in [1.82, 2.24) is 4.98 Å². The second kappa shape index (κ2) is 2.48. The molecule has 0 saturated carbocycles. The largest absolute Gasteiger partial charge is 0.246 e. The van der Waals surface area contributed by atoms with Gasteiger partial charge in [-0.25, -0.2) is 4.98 Å². The summed E-state index contributed by atoms with van der Waals surface area (Å²) >= 11 is 1.68. The van der Waals surface area contributed by atoms with Gasteiger partial charge in [-0.3, -0.25) is 0 Å². The standard InChI is InChI=1S/C7H10NS/c1-5(2)7-8-6(3)4-9-7/h4-5H,3H2,1-2H3. The maximum atomic E-state index is 4.22. The fourth-order valence-corrected chi connectivity index (χ4v) is 1.34. The van der Waals surface area contributed by atoms with E-state index in [0.29, 0.717) is 5.92 Å². The first kappa shape index (κ1) is 6.75. The number of hydrogen-bond acceptors (Lipinski definition) is 2. The van der Waals surface area contributed by atoms with Crippen LogP contribution in [0.2, 0.25) is 0 Å². The molecule has 0 aliphatic rings. The maximum absolute atomic E-state index is 4.22. The third-order valence-corrected chi connectivity index (χ3v) is 2.26. The second-order valence-electron chi connectivity index (χ2n) is 2.33. The number of aromatic nitrogens is 1. The summed E-state index contributed by atoms with van der Waals surface area (Å²) in [5.41, 5.74) is 0.892. The van der Waals surface area contributed by atoms with E-state index in [0.717, 1.165) is 5.69 Å². The number of thiazole rings is 1. The summed E-state index contributed by atoms with van der Waals surface area (Å²) in [6, 6.07) is 0. The Bertz CT molecular complexity index is 191. The Kier molecular flexibility index (Phi) is 1.86. The predicted molar refractivity (Wildman–Crippen MR) is 40.7 cm³/mol. The third kappa shape index (κ3) is 1.52. The van der Waals surface area contributed by atoms with E-state index in [1.807, 2.05) is 5.38 Å². The van der Waals surface area contributed by atoms with Gasteiger partial charge < -0.3 is 0 Å². The van der Waals surface area contributed by atoms with Crippen molar-refractivity contribution in [3.63, 3.8) is 0 Å². The lowest BCUT2D eigenvalue weighted by atomic mass is 10.2. The van der Waals surface area contributed by atoms with E-state index in [-0.39, 0.29) is 0 Å². The van der Waals surface area contributed by atoms with E-state index in [2.05, 4.69) is 25.8 Å². The Hall–Kier alpha value is -0.370. The first-order chi connectivity index (χ1) is 4.20. The normalized spacial score (nSPS) is 10.7. The Morgan fingerprint density at radius 3 is 2.56 bits per heavy atom. The SMILES string of the molecule is [CH2]c1csc(C(C)C)n1. The zero-order valence-corrected chi connectivity index (χ0v) is 6.53. The van der Waals surface area contributed by atoms with Gasteiger partial charge in [-0.15, -0.1) is 11.3 Å². The van der Waals surface area contributed by atoms with E-state index in [1.165, 1.54) is 5.01 Å². The average Bonchev–Trinajstić information content (AvgIpc) is 2.14. The van der Waals surface area contributed by atoms with Crippen LogP contribution in [0.15, 0.2) is 5.38 Å². The Morgan fingerprint density at radius 2 is 2.33 bits per heavy atom. The minimum atomic E-state index is 0.547.